The van der Waals surface area contributed by atoms with Crippen LogP contribution in [0.4, 0.5) is 5.69 Å². The Kier molecular flexibility index (Phi) is 5.27. The number of hydrogen-bond donors (Lipinski definition) is 0. The molecule has 1 fully saturated rings. The lowest BCUT2D eigenvalue weighted by Crippen LogP contribution is -2.45. The van der Waals surface area contributed by atoms with Crippen LogP contribution in [0.15, 0.2) is 28.7 Å². The highest BCUT2D eigenvalue weighted by Crippen LogP contribution is 2.32. The van der Waals surface area contributed by atoms with Crippen LogP contribution in [-0.2, 0) is 9.59 Å². The molecule has 0 radical (unpaired) electrons. The van der Waals surface area contributed by atoms with Crippen molar-refractivity contribution < 1.29 is 9.59 Å². The van der Waals surface area contributed by atoms with Crippen molar-refractivity contribution in [3.8, 4) is 0 Å². The molecule has 0 aliphatic carbocycles. The summed E-state index contributed by atoms with van der Waals surface area (Å²) in [4.78, 5) is 28.7. The van der Waals surface area contributed by atoms with Crippen molar-refractivity contribution in [1.82, 2.24) is 4.90 Å². The van der Waals surface area contributed by atoms with Gasteiger partial charge in [-0.2, -0.15) is 0 Å². The zero-order valence-electron chi connectivity index (χ0n) is 13.5. The summed E-state index contributed by atoms with van der Waals surface area (Å²) < 4.78 is 0.876. The van der Waals surface area contributed by atoms with Crippen molar-refractivity contribution in [2.75, 3.05) is 11.4 Å². The van der Waals surface area contributed by atoms with E-state index in [1.807, 2.05) is 56.9 Å². The number of nitrogens with zero attached hydrogens (tertiary/aromatic N) is 2. The van der Waals surface area contributed by atoms with Gasteiger partial charge in [0.25, 0.3) is 0 Å². The van der Waals surface area contributed by atoms with E-state index in [0.29, 0.717) is 6.54 Å². The fourth-order valence-corrected chi connectivity index (χ4v) is 3.59. The Morgan fingerprint density at radius 3 is 2.36 bits per heavy atom. The molecule has 1 aliphatic rings. The van der Waals surface area contributed by atoms with Crippen LogP contribution in [0.3, 0.4) is 0 Å². The van der Waals surface area contributed by atoms with Crippen molar-refractivity contribution in [2.24, 2.45) is 5.92 Å². The van der Waals surface area contributed by atoms with Crippen LogP contribution in [0.5, 0.6) is 0 Å². The molecular weight excluding hydrogens is 344 g/mol. The van der Waals surface area contributed by atoms with Gasteiger partial charge < -0.3 is 9.80 Å². The molecule has 2 rings (SSSR count). The number of carbonyl (C=O) groups is 2. The lowest BCUT2D eigenvalue weighted by Gasteiger charge is -2.33. The molecule has 5 heteroatoms. The first kappa shape index (κ1) is 17.0. The molecule has 4 nitrogen and oxygen atoms in total. The number of para-hydroxylation sites is 1. The minimum absolute atomic E-state index is 0.0118. The summed E-state index contributed by atoms with van der Waals surface area (Å²) in [7, 11) is 0. The first-order valence-electron chi connectivity index (χ1n) is 7.70. The predicted octanol–water partition coefficient (Wildman–Crippen LogP) is 3.45. The maximum absolute atomic E-state index is 12.8. The molecule has 1 aromatic rings. The van der Waals surface area contributed by atoms with E-state index in [0.717, 1.165) is 10.2 Å². The van der Waals surface area contributed by atoms with Gasteiger partial charge in [-0.25, -0.2) is 0 Å². The van der Waals surface area contributed by atoms with E-state index in [9.17, 15) is 9.59 Å². The molecule has 0 saturated carbocycles. The Morgan fingerprint density at radius 1 is 1.23 bits per heavy atom. The highest BCUT2D eigenvalue weighted by Gasteiger charge is 2.38. The highest BCUT2D eigenvalue weighted by atomic mass is 79.9. The Labute approximate surface area is 140 Å². The van der Waals surface area contributed by atoms with Crippen LogP contribution in [0.1, 0.15) is 34.1 Å². The Balaban J connectivity index is 2.19. The number of carbonyl (C=O) groups excluding carboxylic acids is 2. The summed E-state index contributed by atoms with van der Waals surface area (Å²) in [5.74, 6) is -0.171. The van der Waals surface area contributed by atoms with Crippen LogP contribution in [0, 0.1) is 5.92 Å². The van der Waals surface area contributed by atoms with E-state index >= 15 is 0 Å². The molecule has 1 heterocycles. The lowest BCUT2D eigenvalue weighted by atomic mass is 10.0. The molecule has 0 N–H and O–H groups in total. The summed E-state index contributed by atoms with van der Waals surface area (Å²) in [5.41, 5.74) is 0.837. The van der Waals surface area contributed by atoms with E-state index in [1.165, 1.54) is 0 Å². The maximum Gasteiger partial charge on any atom is 0.228 e. The fourth-order valence-electron chi connectivity index (χ4n) is 3.09. The van der Waals surface area contributed by atoms with Gasteiger partial charge in [0.2, 0.25) is 11.8 Å². The third-order valence-electron chi connectivity index (χ3n) is 3.98. The SMILES string of the molecule is CC(C)N(C(=O)C1CC(=O)N(c2ccccc2Br)C1)C(C)C. The van der Waals surface area contributed by atoms with E-state index in [4.69, 9.17) is 0 Å². The molecule has 2 amide bonds. The summed E-state index contributed by atoms with van der Waals surface area (Å²) in [6.45, 7) is 8.51. The topological polar surface area (TPSA) is 40.6 Å². The lowest BCUT2D eigenvalue weighted by molar-refractivity contribution is -0.139. The highest BCUT2D eigenvalue weighted by molar-refractivity contribution is 9.10. The average Bonchev–Trinajstić information content (AvgIpc) is 2.80. The normalized spacial score (nSPS) is 18.4. The molecule has 0 bridgehead atoms. The fraction of sp³-hybridized carbons (Fsp3) is 0.529. The average molecular weight is 367 g/mol. The van der Waals surface area contributed by atoms with Crippen LogP contribution >= 0.6 is 15.9 Å². The summed E-state index contributed by atoms with van der Waals surface area (Å²) in [6.07, 6.45) is 0.288. The summed E-state index contributed by atoms with van der Waals surface area (Å²) >= 11 is 3.48. The first-order chi connectivity index (χ1) is 10.3. The van der Waals surface area contributed by atoms with Crippen LogP contribution < -0.4 is 4.90 Å². The van der Waals surface area contributed by atoms with E-state index < -0.39 is 0 Å². The summed E-state index contributed by atoms with van der Waals surface area (Å²) in [6, 6.07) is 7.90. The molecule has 1 aromatic carbocycles. The Bertz CT molecular complexity index is 564. The zero-order valence-corrected chi connectivity index (χ0v) is 15.1. The third kappa shape index (κ3) is 3.35. The van der Waals surface area contributed by atoms with Crippen molar-refractivity contribution >= 4 is 33.4 Å². The monoisotopic (exact) mass is 366 g/mol. The van der Waals surface area contributed by atoms with Gasteiger partial charge in [-0.15, -0.1) is 0 Å². The second-order valence-electron chi connectivity index (χ2n) is 6.29. The van der Waals surface area contributed by atoms with Gasteiger partial charge in [0, 0.05) is 29.5 Å². The van der Waals surface area contributed by atoms with Crippen molar-refractivity contribution in [1.29, 1.82) is 0 Å². The smallest absolute Gasteiger partial charge is 0.228 e. The molecule has 1 atom stereocenters. The maximum atomic E-state index is 12.8. The van der Waals surface area contributed by atoms with Gasteiger partial charge >= 0.3 is 0 Å². The number of benzene rings is 1. The minimum Gasteiger partial charge on any atom is -0.338 e. The van der Waals surface area contributed by atoms with Crippen molar-refractivity contribution in [3.63, 3.8) is 0 Å². The first-order valence-corrected chi connectivity index (χ1v) is 8.49. The molecule has 22 heavy (non-hydrogen) atoms. The quantitative estimate of drug-likeness (QED) is 0.818. The Hall–Kier alpha value is -1.36. The number of amides is 2. The number of anilines is 1. The van der Waals surface area contributed by atoms with Crippen LogP contribution in [0.25, 0.3) is 0 Å². The van der Waals surface area contributed by atoms with Gasteiger partial charge in [0.15, 0.2) is 0 Å². The second-order valence-corrected chi connectivity index (χ2v) is 7.14. The molecular formula is C17H23BrN2O2. The summed E-state index contributed by atoms with van der Waals surface area (Å²) in [5, 5.41) is 0. The number of halogens is 1. The van der Waals surface area contributed by atoms with Gasteiger partial charge in [0.05, 0.1) is 11.6 Å². The van der Waals surface area contributed by atoms with Gasteiger partial charge in [-0.05, 0) is 55.8 Å². The van der Waals surface area contributed by atoms with Crippen LogP contribution in [0.2, 0.25) is 0 Å². The van der Waals surface area contributed by atoms with Crippen molar-refractivity contribution in [3.05, 3.63) is 28.7 Å². The molecule has 1 unspecified atom stereocenters. The number of rotatable bonds is 4. The molecule has 0 spiro atoms. The third-order valence-corrected chi connectivity index (χ3v) is 4.66. The molecule has 0 aromatic heterocycles. The second kappa shape index (κ2) is 6.82. The van der Waals surface area contributed by atoms with Gasteiger partial charge in [-0.3, -0.25) is 9.59 Å². The molecule has 1 aliphatic heterocycles. The standard InChI is InChI=1S/C17H23BrN2O2/c1-11(2)20(12(3)4)17(22)13-9-16(21)19(10-13)15-8-6-5-7-14(15)18/h5-8,11-13H,9-10H2,1-4H3. The van der Waals surface area contributed by atoms with E-state index in [2.05, 4.69) is 15.9 Å². The number of hydrogen-bond acceptors (Lipinski definition) is 2. The predicted molar refractivity (Wildman–Crippen MR) is 91.7 cm³/mol. The van der Waals surface area contributed by atoms with E-state index in [1.54, 1.807) is 4.90 Å². The van der Waals surface area contributed by atoms with Gasteiger partial charge in [0.1, 0.15) is 0 Å². The van der Waals surface area contributed by atoms with Gasteiger partial charge in [-0.1, -0.05) is 12.1 Å². The van der Waals surface area contributed by atoms with E-state index in [-0.39, 0.29) is 36.2 Å². The largest absolute Gasteiger partial charge is 0.338 e. The Morgan fingerprint density at radius 2 is 1.82 bits per heavy atom. The zero-order chi connectivity index (χ0) is 16.4. The minimum atomic E-state index is -0.260. The molecule has 1 saturated heterocycles. The molecule has 120 valence electrons. The van der Waals surface area contributed by atoms with Crippen molar-refractivity contribution in [2.45, 2.75) is 46.2 Å². The van der Waals surface area contributed by atoms with Crippen LogP contribution in [-0.4, -0.2) is 35.3 Å².